The molecule has 62 heavy (non-hydrogen) atoms. The topological polar surface area (TPSA) is 61.8 Å². The van der Waals surface area contributed by atoms with Crippen molar-refractivity contribution in [3.05, 3.63) is 60.8 Å². The molecule has 0 spiro atoms. The summed E-state index contributed by atoms with van der Waals surface area (Å²) in [7, 11) is 0. The fourth-order valence-corrected chi connectivity index (χ4v) is 7.50. The normalized spacial score (nSPS) is 12.6. The molecule has 5 nitrogen and oxygen atoms in total. The Bertz CT molecular complexity index is 1070. The Morgan fingerprint density at radius 2 is 0.742 bits per heavy atom. The molecule has 0 aromatic rings. The van der Waals surface area contributed by atoms with E-state index in [-0.39, 0.29) is 25.2 Å². The summed E-state index contributed by atoms with van der Waals surface area (Å²) in [6.45, 7) is 7.67. The maximum absolute atomic E-state index is 12.8. The van der Waals surface area contributed by atoms with Crippen LogP contribution in [0.4, 0.5) is 0 Å². The average Bonchev–Trinajstić information content (AvgIpc) is 3.27. The third-order valence-corrected chi connectivity index (χ3v) is 11.5. The van der Waals surface area contributed by atoms with Crippen molar-refractivity contribution in [1.29, 1.82) is 0 Å². The minimum absolute atomic E-state index is 0.0769. The highest BCUT2D eigenvalue weighted by Gasteiger charge is 2.17. The van der Waals surface area contributed by atoms with E-state index in [1.165, 1.54) is 161 Å². The number of hydrogen-bond acceptors (Lipinski definition) is 5. The molecule has 0 amide bonds. The van der Waals surface area contributed by atoms with Crippen LogP contribution in [0, 0.1) is 0 Å². The Labute approximate surface area is 385 Å². The Kier molecular flexibility index (Phi) is 50.9. The van der Waals surface area contributed by atoms with Gasteiger partial charge in [0, 0.05) is 19.4 Å². The van der Waals surface area contributed by atoms with Gasteiger partial charge in [0.15, 0.2) is 6.10 Å². The van der Waals surface area contributed by atoms with Crippen molar-refractivity contribution in [2.24, 2.45) is 0 Å². The predicted molar refractivity (Wildman–Crippen MR) is 270 cm³/mol. The quantitative estimate of drug-likeness (QED) is 0.0346. The van der Waals surface area contributed by atoms with E-state index < -0.39 is 6.10 Å². The van der Waals surface area contributed by atoms with Crippen LogP contribution in [0.1, 0.15) is 265 Å². The number of esters is 2. The molecule has 0 fully saturated rings. The van der Waals surface area contributed by atoms with Crippen molar-refractivity contribution in [1.82, 2.24) is 0 Å². The first-order chi connectivity index (χ1) is 30.6. The molecule has 0 aliphatic carbocycles. The van der Waals surface area contributed by atoms with E-state index in [4.69, 9.17) is 14.2 Å². The largest absolute Gasteiger partial charge is 0.462 e. The van der Waals surface area contributed by atoms with Gasteiger partial charge in [0.2, 0.25) is 0 Å². The molecule has 0 saturated heterocycles. The van der Waals surface area contributed by atoms with E-state index in [0.717, 1.165) is 70.6 Å². The second-order valence-corrected chi connectivity index (χ2v) is 17.7. The average molecular weight is 867 g/mol. The number of carbonyl (C=O) groups is 2. The van der Waals surface area contributed by atoms with E-state index in [1.54, 1.807) is 0 Å². The molecule has 360 valence electrons. The van der Waals surface area contributed by atoms with Crippen LogP contribution in [0.25, 0.3) is 0 Å². The summed E-state index contributed by atoms with van der Waals surface area (Å²) in [5.74, 6) is -0.411. The van der Waals surface area contributed by atoms with Crippen molar-refractivity contribution in [2.75, 3.05) is 19.8 Å². The van der Waals surface area contributed by atoms with Gasteiger partial charge >= 0.3 is 11.9 Å². The fourth-order valence-electron chi connectivity index (χ4n) is 7.50. The number of rotatable bonds is 49. The SMILES string of the molecule is CC/C=C\C/C=C\C/C=C\CCCCCCCCCCOCC(COC(=O)CCCCCCCCC/C=C\CCCCCCCC)OC(=O)CCCCCCC/C=C\CCCC. The molecule has 0 N–H and O–H groups in total. The van der Waals surface area contributed by atoms with Crippen molar-refractivity contribution < 1.29 is 23.8 Å². The Balaban J connectivity index is 4.23. The second kappa shape index (κ2) is 52.9. The smallest absolute Gasteiger partial charge is 0.306 e. The zero-order chi connectivity index (χ0) is 44.9. The van der Waals surface area contributed by atoms with Gasteiger partial charge in [-0.15, -0.1) is 0 Å². The highest BCUT2D eigenvalue weighted by molar-refractivity contribution is 5.70. The molecule has 0 saturated carbocycles. The van der Waals surface area contributed by atoms with Crippen LogP contribution in [0.2, 0.25) is 0 Å². The van der Waals surface area contributed by atoms with Crippen LogP contribution in [0.5, 0.6) is 0 Å². The highest BCUT2D eigenvalue weighted by atomic mass is 16.6. The Morgan fingerprint density at radius 1 is 0.371 bits per heavy atom. The molecular formula is C57H102O5. The highest BCUT2D eigenvalue weighted by Crippen LogP contribution is 2.14. The van der Waals surface area contributed by atoms with E-state index in [9.17, 15) is 9.59 Å². The molecule has 5 heteroatoms. The summed E-state index contributed by atoms with van der Waals surface area (Å²) in [6, 6.07) is 0. The molecule has 0 aliphatic rings. The Hall–Kier alpha value is -2.40. The minimum Gasteiger partial charge on any atom is -0.462 e. The molecule has 0 radical (unpaired) electrons. The summed E-state index contributed by atoms with van der Waals surface area (Å²) < 4.78 is 17.4. The van der Waals surface area contributed by atoms with Gasteiger partial charge in [-0.2, -0.15) is 0 Å². The lowest BCUT2D eigenvalue weighted by molar-refractivity contribution is -0.163. The van der Waals surface area contributed by atoms with Crippen LogP contribution in [0.3, 0.4) is 0 Å². The number of ether oxygens (including phenoxy) is 3. The second-order valence-electron chi connectivity index (χ2n) is 17.7. The standard InChI is InChI=1S/C57H102O5/c1-4-7-10-13-16-19-22-24-26-28-30-32-34-37-40-43-46-49-52-60-53-55(62-57(59)51-48-45-42-39-35-21-18-15-12-9-6-3)54-61-56(58)50-47-44-41-38-36-33-31-29-27-25-23-20-17-14-11-8-5-2/h7,10,15-16,18-19,24-27,55H,4-6,8-9,11-14,17,20-23,28-54H2,1-3H3/b10-7-,18-15-,19-16-,26-24-,27-25-. The first kappa shape index (κ1) is 59.6. The molecular weight excluding hydrogens is 765 g/mol. The summed E-state index contributed by atoms with van der Waals surface area (Å²) in [6.07, 6.45) is 66.6. The van der Waals surface area contributed by atoms with Crippen molar-refractivity contribution in [3.8, 4) is 0 Å². The van der Waals surface area contributed by atoms with Crippen molar-refractivity contribution in [3.63, 3.8) is 0 Å². The van der Waals surface area contributed by atoms with Gasteiger partial charge in [-0.3, -0.25) is 9.59 Å². The first-order valence-corrected chi connectivity index (χ1v) is 26.8. The first-order valence-electron chi connectivity index (χ1n) is 26.8. The van der Waals surface area contributed by atoms with E-state index >= 15 is 0 Å². The molecule has 0 aromatic carbocycles. The summed E-state index contributed by atoms with van der Waals surface area (Å²) in [5.41, 5.74) is 0. The van der Waals surface area contributed by atoms with Gasteiger partial charge in [0.1, 0.15) is 6.61 Å². The maximum Gasteiger partial charge on any atom is 0.306 e. The number of unbranched alkanes of at least 4 members (excludes halogenated alkanes) is 28. The molecule has 0 bridgehead atoms. The van der Waals surface area contributed by atoms with Gasteiger partial charge < -0.3 is 14.2 Å². The summed E-state index contributed by atoms with van der Waals surface area (Å²) >= 11 is 0. The molecule has 0 heterocycles. The molecule has 0 aromatic heterocycles. The van der Waals surface area contributed by atoms with E-state index in [0.29, 0.717) is 19.4 Å². The van der Waals surface area contributed by atoms with E-state index in [2.05, 4.69) is 81.5 Å². The number of hydrogen-bond donors (Lipinski definition) is 0. The van der Waals surface area contributed by atoms with Crippen LogP contribution in [-0.2, 0) is 23.8 Å². The lowest BCUT2D eigenvalue weighted by atomic mass is 10.1. The van der Waals surface area contributed by atoms with Gasteiger partial charge in [-0.1, -0.05) is 216 Å². The Morgan fingerprint density at radius 3 is 1.23 bits per heavy atom. The lowest BCUT2D eigenvalue weighted by Crippen LogP contribution is -2.30. The van der Waals surface area contributed by atoms with Crippen molar-refractivity contribution in [2.45, 2.75) is 271 Å². The van der Waals surface area contributed by atoms with Gasteiger partial charge in [0.25, 0.3) is 0 Å². The van der Waals surface area contributed by atoms with Crippen LogP contribution >= 0.6 is 0 Å². The fraction of sp³-hybridized carbons (Fsp3) is 0.789. The lowest BCUT2D eigenvalue weighted by Gasteiger charge is -2.18. The minimum atomic E-state index is -0.546. The number of carbonyl (C=O) groups excluding carboxylic acids is 2. The summed E-state index contributed by atoms with van der Waals surface area (Å²) in [4.78, 5) is 25.4. The number of allylic oxidation sites excluding steroid dienone is 10. The van der Waals surface area contributed by atoms with Gasteiger partial charge in [0.05, 0.1) is 6.61 Å². The molecule has 1 atom stereocenters. The summed E-state index contributed by atoms with van der Waals surface area (Å²) in [5, 5.41) is 0. The molecule has 1 unspecified atom stereocenters. The van der Waals surface area contributed by atoms with Crippen molar-refractivity contribution >= 4 is 11.9 Å². The maximum atomic E-state index is 12.8. The van der Waals surface area contributed by atoms with Crippen LogP contribution in [-0.4, -0.2) is 37.9 Å². The zero-order valence-corrected chi connectivity index (χ0v) is 41.4. The van der Waals surface area contributed by atoms with Gasteiger partial charge in [-0.25, -0.2) is 0 Å². The molecule has 0 rings (SSSR count). The van der Waals surface area contributed by atoms with E-state index in [1.807, 2.05) is 0 Å². The predicted octanol–water partition coefficient (Wildman–Crippen LogP) is 18.1. The third-order valence-electron chi connectivity index (χ3n) is 11.5. The monoisotopic (exact) mass is 867 g/mol. The molecule has 0 aliphatic heterocycles. The zero-order valence-electron chi connectivity index (χ0n) is 41.4. The van der Waals surface area contributed by atoms with Crippen LogP contribution in [0.15, 0.2) is 60.8 Å². The third kappa shape index (κ3) is 50.2. The van der Waals surface area contributed by atoms with Crippen LogP contribution < -0.4 is 0 Å². The van der Waals surface area contributed by atoms with Gasteiger partial charge in [-0.05, 0) is 96.3 Å².